The van der Waals surface area contributed by atoms with Crippen molar-refractivity contribution in [2.75, 3.05) is 0 Å². The van der Waals surface area contributed by atoms with E-state index < -0.39 is 0 Å². The Bertz CT molecular complexity index is 243. The lowest BCUT2D eigenvalue weighted by molar-refractivity contribution is 0.917. The molecule has 0 saturated carbocycles. The van der Waals surface area contributed by atoms with Gasteiger partial charge in [-0.15, -0.1) is 13.2 Å². The molecule has 0 radical (unpaired) electrons. The Hall–Kier alpha value is 0.01000. The van der Waals surface area contributed by atoms with E-state index in [2.05, 4.69) is 44.5 Å². The molecule has 2 unspecified atom stereocenters. The number of rotatable bonds is 8. The number of hydrogen-bond acceptors (Lipinski definition) is 3. The number of allylic oxidation sites excluding steroid dienone is 3. The molecule has 15 heavy (non-hydrogen) atoms. The molecule has 84 valence electrons. The van der Waals surface area contributed by atoms with Crippen LogP contribution < -0.4 is 0 Å². The highest BCUT2D eigenvalue weighted by molar-refractivity contribution is 7.85. The number of thiocarbonyl (C=S) groups is 1. The zero-order valence-corrected chi connectivity index (χ0v) is 11.4. The lowest BCUT2D eigenvalue weighted by Gasteiger charge is -2.12. The summed E-state index contributed by atoms with van der Waals surface area (Å²) >= 11 is 14.0. The molecular formula is C12H18S3. The minimum atomic E-state index is 0.151. The van der Waals surface area contributed by atoms with E-state index in [1.165, 1.54) is 0 Å². The first-order valence-electron chi connectivity index (χ1n) is 4.88. The Balaban J connectivity index is 3.89. The first-order chi connectivity index (χ1) is 7.11. The molecular weight excluding hydrogens is 240 g/mol. The predicted molar refractivity (Wildman–Crippen MR) is 81.5 cm³/mol. The van der Waals surface area contributed by atoms with E-state index in [4.69, 9.17) is 12.2 Å². The van der Waals surface area contributed by atoms with Crippen LogP contribution in [-0.4, -0.2) is 15.4 Å². The Morgan fingerprint density at radius 3 is 2.40 bits per heavy atom. The molecule has 0 aliphatic heterocycles. The van der Waals surface area contributed by atoms with Gasteiger partial charge >= 0.3 is 0 Å². The van der Waals surface area contributed by atoms with Gasteiger partial charge < -0.3 is 0 Å². The van der Waals surface area contributed by atoms with Crippen LogP contribution in [0.25, 0.3) is 0 Å². The molecule has 0 fully saturated rings. The zero-order valence-electron chi connectivity index (χ0n) is 8.80. The van der Waals surface area contributed by atoms with Gasteiger partial charge in [0.05, 0.1) is 0 Å². The van der Waals surface area contributed by atoms with Gasteiger partial charge in [-0.05, 0) is 19.3 Å². The SMILES string of the molecule is C=CCC(=S)C/C=C\C(S)C(S)CC=C. The summed E-state index contributed by atoms with van der Waals surface area (Å²) in [5, 5.41) is 0.368. The van der Waals surface area contributed by atoms with E-state index >= 15 is 0 Å². The van der Waals surface area contributed by atoms with E-state index in [1.807, 2.05) is 18.2 Å². The summed E-state index contributed by atoms with van der Waals surface area (Å²) in [6, 6.07) is 0. The van der Waals surface area contributed by atoms with Crippen LogP contribution in [0.1, 0.15) is 19.3 Å². The van der Waals surface area contributed by atoms with Crippen LogP contribution in [0.2, 0.25) is 0 Å². The van der Waals surface area contributed by atoms with Gasteiger partial charge in [-0.1, -0.05) is 36.5 Å². The molecule has 0 amide bonds. The monoisotopic (exact) mass is 258 g/mol. The third-order valence-corrected chi connectivity index (χ3v) is 3.49. The molecule has 0 nitrogen and oxygen atoms in total. The van der Waals surface area contributed by atoms with Gasteiger partial charge in [0.1, 0.15) is 0 Å². The van der Waals surface area contributed by atoms with E-state index in [0.29, 0.717) is 0 Å². The van der Waals surface area contributed by atoms with E-state index in [9.17, 15) is 0 Å². The van der Waals surface area contributed by atoms with Gasteiger partial charge in [-0.25, -0.2) is 0 Å². The van der Waals surface area contributed by atoms with Crippen LogP contribution in [-0.2, 0) is 0 Å². The second-order valence-corrected chi connectivity index (χ2v) is 5.08. The van der Waals surface area contributed by atoms with Crippen molar-refractivity contribution in [3.05, 3.63) is 37.5 Å². The Morgan fingerprint density at radius 2 is 1.87 bits per heavy atom. The average molecular weight is 258 g/mol. The standard InChI is InChI=1S/C12H18S3/c1-3-6-10(13)8-5-9-12(15)11(14)7-4-2/h3-5,9,11-12,14-15H,1-2,6-8H2/b9-5-. The molecule has 0 aromatic carbocycles. The van der Waals surface area contributed by atoms with Gasteiger partial charge in [0.25, 0.3) is 0 Å². The van der Waals surface area contributed by atoms with Crippen molar-refractivity contribution in [1.82, 2.24) is 0 Å². The molecule has 0 rings (SSSR count). The van der Waals surface area contributed by atoms with E-state index in [0.717, 1.165) is 24.1 Å². The van der Waals surface area contributed by atoms with Gasteiger partial charge in [0.2, 0.25) is 0 Å². The van der Waals surface area contributed by atoms with Crippen molar-refractivity contribution in [3.8, 4) is 0 Å². The van der Waals surface area contributed by atoms with Crippen molar-refractivity contribution < 1.29 is 0 Å². The second-order valence-electron chi connectivity index (χ2n) is 3.25. The molecule has 0 heterocycles. The Kier molecular flexibility index (Phi) is 9.26. The number of thiol groups is 2. The third kappa shape index (κ3) is 7.88. The third-order valence-electron chi connectivity index (χ3n) is 1.85. The van der Waals surface area contributed by atoms with Gasteiger partial charge in [0.15, 0.2) is 0 Å². The molecule has 0 aliphatic rings. The van der Waals surface area contributed by atoms with Crippen LogP contribution in [0.4, 0.5) is 0 Å². The normalized spacial score (nSPS) is 14.8. The molecule has 0 saturated heterocycles. The fraction of sp³-hybridized carbons (Fsp3) is 0.417. The highest BCUT2D eigenvalue weighted by Crippen LogP contribution is 2.15. The highest BCUT2D eigenvalue weighted by atomic mass is 32.1. The van der Waals surface area contributed by atoms with Crippen molar-refractivity contribution in [2.45, 2.75) is 29.8 Å². The van der Waals surface area contributed by atoms with Gasteiger partial charge in [0, 0.05) is 15.4 Å². The second kappa shape index (κ2) is 9.25. The first-order valence-corrected chi connectivity index (χ1v) is 6.32. The van der Waals surface area contributed by atoms with Gasteiger partial charge in [-0.3, -0.25) is 0 Å². The summed E-state index contributed by atoms with van der Waals surface area (Å²) in [5.41, 5.74) is 0. The van der Waals surface area contributed by atoms with Crippen LogP contribution in [0, 0.1) is 0 Å². The molecule has 2 atom stereocenters. The lowest BCUT2D eigenvalue weighted by atomic mass is 10.1. The van der Waals surface area contributed by atoms with Crippen molar-refractivity contribution >= 4 is 42.3 Å². The number of hydrogen-bond donors (Lipinski definition) is 2. The molecule has 3 heteroatoms. The minimum absolute atomic E-state index is 0.151. The molecule has 0 N–H and O–H groups in total. The van der Waals surface area contributed by atoms with Crippen molar-refractivity contribution in [1.29, 1.82) is 0 Å². The molecule has 0 aliphatic carbocycles. The lowest BCUT2D eigenvalue weighted by Crippen LogP contribution is -2.11. The van der Waals surface area contributed by atoms with E-state index in [-0.39, 0.29) is 10.5 Å². The Labute approximate surface area is 109 Å². The smallest absolute Gasteiger partial charge is 0.0316 e. The largest absolute Gasteiger partial charge is 0.174 e. The highest BCUT2D eigenvalue weighted by Gasteiger charge is 2.08. The van der Waals surface area contributed by atoms with Crippen LogP contribution in [0.5, 0.6) is 0 Å². The maximum absolute atomic E-state index is 5.14. The average Bonchev–Trinajstić information content (AvgIpc) is 2.18. The fourth-order valence-electron chi connectivity index (χ4n) is 1.02. The topological polar surface area (TPSA) is 0 Å². The molecule has 0 bridgehead atoms. The summed E-state index contributed by atoms with van der Waals surface area (Å²) in [4.78, 5) is 1.00. The van der Waals surface area contributed by atoms with Crippen molar-refractivity contribution in [3.63, 3.8) is 0 Å². The summed E-state index contributed by atoms with van der Waals surface area (Å²) in [6.45, 7) is 7.32. The minimum Gasteiger partial charge on any atom is -0.174 e. The Morgan fingerprint density at radius 1 is 1.20 bits per heavy atom. The summed E-state index contributed by atoms with van der Waals surface area (Å²) in [7, 11) is 0. The van der Waals surface area contributed by atoms with Crippen LogP contribution in [0.15, 0.2) is 37.5 Å². The summed E-state index contributed by atoms with van der Waals surface area (Å²) < 4.78 is 0. The molecule has 0 aromatic rings. The predicted octanol–water partition coefficient (Wildman–Crippen LogP) is 4.05. The molecule has 0 aromatic heterocycles. The van der Waals surface area contributed by atoms with Crippen LogP contribution >= 0.6 is 37.5 Å². The van der Waals surface area contributed by atoms with E-state index in [1.54, 1.807) is 0 Å². The summed E-state index contributed by atoms with van der Waals surface area (Å²) in [5.74, 6) is 0. The zero-order chi connectivity index (χ0) is 11.7. The quantitative estimate of drug-likeness (QED) is 0.376. The molecule has 0 spiro atoms. The maximum atomic E-state index is 5.14. The first kappa shape index (κ1) is 15.0. The van der Waals surface area contributed by atoms with Crippen LogP contribution in [0.3, 0.4) is 0 Å². The van der Waals surface area contributed by atoms with Gasteiger partial charge in [-0.2, -0.15) is 25.3 Å². The fourth-order valence-corrected chi connectivity index (χ4v) is 1.73. The van der Waals surface area contributed by atoms with Crippen molar-refractivity contribution in [2.24, 2.45) is 0 Å². The summed E-state index contributed by atoms with van der Waals surface area (Å²) in [6.07, 6.45) is 10.2. The maximum Gasteiger partial charge on any atom is 0.0316 e.